The number of carboxylic acid groups (broad SMARTS) is 1. The molecule has 1 aromatic carbocycles. The largest absolute Gasteiger partial charge is 0.476 e. The molecule has 1 aliphatic heterocycles. The average Bonchev–Trinajstić information content (AvgIpc) is 2.97. The topological polar surface area (TPSA) is 65.5 Å². The molecule has 0 saturated carbocycles. The number of thiazole rings is 1. The third-order valence-electron chi connectivity index (χ3n) is 3.62. The summed E-state index contributed by atoms with van der Waals surface area (Å²) in [6.45, 7) is 2.23. The number of hydrogen-bond acceptors (Lipinski definition) is 5. The molecule has 0 amide bonds. The number of carbonyl (C=O) groups is 1. The van der Waals surface area contributed by atoms with Gasteiger partial charge in [-0.1, -0.05) is 0 Å². The molecule has 21 heavy (non-hydrogen) atoms. The Morgan fingerprint density at radius 2 is 1.90 bits per heavy atom. The molecule has 1 saturated heterocycles. The van der Waals surface area contributed by atoms with Crippen molar-refractivity contribution >= 4 is 33.7 Å². The second kappa shape index (κ2) is 6.13. The number of benzene rings is 1. The number of aromatic nitrogens is 1. The lowest BCUT2D eigenvalue weighted by atomic mass is 10.1. The second-order valence-corrected chi connectivity index (χ2v) is 5.91. The van der Waals surface area contributed by atoms with E-state index in [0.717, 1.165) is 18.8 Å². The number of piperidine rings is 1. The van der Waals surface area contributed by atoms with Gasteiger partial charge in [0, 0.05) is 24.5 Å². The van der Waals surface area contributed by atoms with E-state index in [1.165, 1.54) is 41.8 Å². The standard InChI is InChI=1S/C15H17N3O2S/c19-15(20)13-14(21-10-16-13)17-11-4-6-12(7-5-11)18-8-2-1-3-9-18/h4-7,10,17H,1-3,8-9H2,(H,19,20). The predicted molar refractivity (Wildman–Crippen MR) is 84.9 cm³/mol. The minimum atomic E-state index is -1.01. The highest BCUT2D eigenvalue weighted by molar-refractivity contribution is 7.14. The molecule has 110 valence electrons. The van der Waals surface area contributed by atoms with Crippen LogP contribution in [0.25, 0.3) is 0 Å². The minimum absolute atomic E-state index is 0.0695. The highest BCUT2D eigenvalue weighted by Crippen LogP contribution is 2.27. The number of carboxylic acids is 1. The number of nitrogens with zero attached hydrogens (tertiary/aromatic N) is 2. The van der Waals surface area contributed by atoms with Crippen molar-refractivity contribution in [3.63, 3.8) is 0 Å². The summed E-state index contributed by atoms with van der Waals surface area (Å²) in [5.74, 6) is -1.01. The first-order chi connectivity index (χ1) is 10.2. The molecule has 2 heterocycles. The molecule has 0 radical (unpaired) electrons. The summed E-state index contributed by atoms with van der Waals surface area (Å²) in [6, 6.07) is 8.12. The van der Waals surface area contributed by atoms with Crippen LogP contribution in [0, 0.1) is 0 Å². The average molecular weight is 303 g/mol. The molecule has 0 aliphatic carbocycles. The van der Waals surface area contributed by atoms with Crippen molar-refractivity contribution in [1.29, 1.82) is 0 Å². The van der Waals surface area contributed by atoms with E-state index in [9.17, 15) is 4.79 Å². The Hall–Kier alpha value is -2.08. The van der Waals surface area contributed by atoms with Gasteiger partial charge in [-0.25, -0.2) is 9.78 Å². The van der Waals surface area contributed by atoms with Crippen molar-refractivity contribution in [2.75, 3.05) is 23.3 Å². The third-order valence-corrected chi connectivity index (χ3v) is 4.36. The van der Waals surface area contributed by atoms with Gasteiger partial charge in [0.2, 0.25) is 0 Å². The number of aromatic carboxylic acids is 1. The summed E-state index contributed by atoms with van der Waals surface area (Å²) < 4.78 is 0. The molecule has 1 aliphatic rings. The lowest BCUT2D eigenvalue weighted by molar-refractivity contribution is 0.0692. The van der Waals surface area contributed by atoms with Gasteiger partial charge < -0.3 is 15.3 Å². The van der Waals surface area contributed by atoms with E-state index < -0.39 is 5.97 Å². The Bertz CT molecular complexity index is 618. The Balaban J connectivity index is 1.72. The lowest BCUT2D eigenvalue weighted by Gasteiger charge is -2.28. The Morgan fingerprint density at radius 1 is 1.19 bits per heavy atom. The Kier molecular flexibility index (Phi) is 4.06. The van der Waals surface area contributed by atoms with E-state index in [0.29, 0.717) is 5.00 Å². The van der Waals surface area contributed by atoms with Crippen molar-refractivity contribution in [2.24, 2.45) is 0 Å². The van der Waals surface area contributed by atoms with Crippen molar-refractivity contribution in [2.45, 2.75) is 19.3 Å². The van der Waals surface area contributed by atoms with E-state index in [4.69, 9.17) is 5.11 Å². The van der Waals surface area contributed by atoms with Crippen molar-refractivity contribution in [1.82, 2.24) is 4.98 Å². The van der Waals surface area contributed by atoms with E-state index in [-0.39, 0.29) is 5.69 Å². The molecule has 1 aromatic heterocycles. The second-order valence-electron chi connectivity index (χ2n) is 5.05. The summed E-state index contributed by atoms with van der Waals surface area (Å²) in [4.78, 5) is 17.3. The van der Waals surface area contributed by atoms with Crippen LogP contribution < -0.4 is 10.2 Å². The maximum absolute atomic E-state index is 11.0. The summed E-state index contributed by atoms with van der Waals surface area (Å²) in [5.41, 5.74) is 3.71. The molecule has 2 N–H and O–H groups in total. The van der Waals surface area contributed by atoms with Gasteiger partial charge in [0.1, 0.15) is 5.00 Å². The zero-order chi connectivity index (χ0) is 14.7. The quantitative estimate of drug-likeness (QED) is 0.904. The number of rotatable bonds is 4. The number of anilines is 3. The summed E-state index contributed by atoms with van der Waals surface area (Å²) in [6.07, 6.45) is 3.82. The number of nitrogens with one attached hydrogen (secondary N) is 1. The van der Waals surface area contributed by atoms with Gasteiger partial charge in [-0.05, 0) is 43.5 Å². The van der Waals surface area contributed by atoms with Crippen molar-refractivity contribution in [3.05, 3.63) is 35.5 Å². The molecule has 3 rings (SSSR count). The highest BCUT2D eigenvalue weighted by atomic mass is 32.1. The summed E-state index contributed by atoms with van der Waals surface area (Å²) in [7, 11) is 0. The Labute approximate surface area is 127 Å². The zero-order valence-electron chi connectivity index (χ0n) is 11.6. The number of hydrogen-bond donors (Lipinski definition) is 2. The monoisotopic (exact) mass is 303 g/mol. The van der Waals surface area contributed by atoms with E-state index in [1.807, 2.05) is 12.1 Å². The fourth-order valence-corrected chi connectivity index (χ4v) is 3.22. The van der Waals surface area contributed by atoms with Crippen LogP contribution in [0.1, 0.15) is 29.8 Å². The smallest absolute Gasteiger partial charge is 0.357 e. The maximum Gasteiger partial charge on any atom is 0.357 e. The van der Waals surface area contributed by atoms with Crippen LogP contribution in [0.5, 0.6) is 0 Å². The first kappa shape index (κ1) is 13.9. The molecular weight excluding hydrogens is 286 g/mol. The van der Waals surface area contributed by atoms with Crippen LogP contribution in [-0.4, -0.2) is 29.1 Å². The maximum atomic E-state index is 11.0. The van der Waals surface area contributed by atoms with Crippen molar-refractivity contribution < 1.29 is 9.90 Å². The molecule has 0 unspecified atom stereocenters. The molecular formula is C15H17N3O2S. The van der Waals surface area contributed by atoms with Crippen LogP contribution in [0.3, 0.4) is 0 Å². The molecule has 0 atom stereocenters. The van der Waals surface area contributed by atoms with Crippen molar-refractivity contribution in [3.8, 4) is 0 Å². The van der Waals surface area contributed by atoms with E-state index >= 15 is 0 Å². The zero-order valence-corrected chi connectivity index (χ0v) is 12.4. The molecule has 6 heteroatoms. The predicted octanol–water partition coefficient (Wildman–Crippen LogP) is 3.58. The SMILES string of the molecule is O=C(O)c1ncsc1Nc1ccc(N2CCCCC2)cc1. The molecule has 0 spiro atoms. The minimum Gasteiger partial charge on any atom is -0.476 e. The van der Waals surface area contributed by atoms with Gasteiger partial charge in [0.05, 0.1) is 5.51 Å². The van der Waals surface area contributed by atoms with Gasteiger partial charge in [0.15, 0.2) is 5.69 Å². The van der Waals surface area contributed by atoms with E-state index in [1.54, 1.807) is 0 Å². The fraction of sp³-hybridized carbons (Fsp3) is 0.333. The Morgan fingerprint density at radius 3 is 2.57 bits per heavy atom. The fourth-order valence-electron chi connectivity index (χ4n) is 2.53. The van der Waals surface area contributed by atoms with E-state index in [2.05, 4.69) is 27.3 Å². The van der Waals surface area contributed by atoms with Gasteiger partial charge in [-0.3, -0.25) is 0 Å². The normalized spacial score (nSPS) is 15.0. The summed E-state index contributed by atoms with van der Waals surface area (Å²) in [5, 5.41) is 12.7. The van der Waals surface area contributed by atoms with Crippen LogP contribution in [0.15, 0.2) is 29.8 Å². The first-order valence-electron chi connectivity index (χ1n) is 7.03. The molecule has 0 bridgehead atoms. The van der Waals surface area contributed by atoms with Crippen LogP contribution >= 0.6 is 11.3 Å². The van der Waals surface area contributed by atoms with Gasteiger partial charge in [-0.15, -0.1) is 11.3 Å². The van der Waals surface area contributed by atoms with Crippen LogP contribution in [-0.2, 0) is 0 Å². The van der Waals surface area contributed by atoms with Gasteiger partial charge in [0.25, 0.3) is 0 Å². The highest BCUT2D eigenvalue weighted by Gasteiger charge is 2.14. The molecule has 5 nitrogen and oxygen atoms in total. The first-order valence-corrected chi connectivity index (χ1v) is 7.91. The molecule has 1 fully saturated rings. The molecule has 2 aromatic rings. The third kappa shape index (κ3) is 3.16. The van der Waals surface area contributed by atoms with Gasteiger partial charge in [-0.2, -0.15) is 0 Å². The lowest BCUT2D eigenvalue weighted by Crippen LogP contribution is -2.29. The van der Waals surface area contributed by atoms with Crippen LogP contribution in [0.2, 0.25) is 0 Å². The summed E-state index contributed by atoms with van der Waals surface area (Å²) >= 11 is 1.29. The van der Waals surface area contributed by atoms with Crippen LogP contribution in [0.4, 0.5) is 16.4 Å². The van der Waals surface area contributed by atoms with Gasteiger partial charge >= 0.3 is 5.97 Å².